The molecule has 0 bridgehead atoms. The summed E-state index contributed by atoms with van der Waals surface area (Å²) in [6.45, 7) is 5.68. The van der Waals surface area contributed by atoms with Gasteiger partial charge in [0.05, 0.1) is 5.54 Å². The van der Waals surface area contributed by atoms with E-state index >= 15 is 0 Å². The predicted octanol–water partition coefficient (Wildman–Crippen LogP) is 3.24. The van der Waals surface area contributed by atoms with Gasteiger partial charge in [-0.1, -0.05) is 16.8 Å². The summed E-state index contributed by atoms with van der Waals surface area (Å²) < 4.78 is 0. The lowest BCUT2D eigenvalue weighted by Gasteiger charge is -2.08. The predicted molar refractivity (Wildman–Crippen MR) is 63.5 cm³/mol. The summed E-state index contributed by atoms with van der Waals surface area (Å²) in [7, 11) is 0. The number of halogens is 1. The fourth-order valence-corrected chi connectivity index (χ4v) is 1.01. The summed E-state index contributed by atoms with van der Waals surface area (Å²) in [6, 6.07) is 6.56. The maximum atomic E-state index is 11.5. The van der Waals surface area contributed by atoms with Gasteiger partial charge in [-0.15, -0.1) is 0 Å². The van der Waals surface area contributed by atoms with Crippen LogP contribution in [0, 0.1) is 0 Å². The monoisotopic (exact) mass is 239 g/mol. The van der Waals surface area contributed by atoms with Gasteiger partial charge in [-0.05, 0) is 45.0 Å². The number of benzene rings is 1. The van der Waals surface area contributed by atoms with E-state index in [4.69, 9.17) is 11.6 Å². The molecule has 0 saturated carbocycles. The molecule has 0 heterocycles. The average molecular weight is 240 g/mol. The molecule has 1 aromatic carbocycles. The fourth-order valence-electron chi connectivity index (χ4n) is 0.886. The smallest absolute Gasteiger partial charge is 0.267 e. The van der Waals surface area contributed by atoms with E-state index in [9.17, 15) is 4.79 Å². The first-order valence-corrected chi connectivity index (χ1v) is 5.24. The van der Waals surface area contributed by atoms with Crippen LogP contribution in [-0.2, 0) is 0 Å². The van der Waals surface area contributed by atoms with Gasteiger partial charge >= 0.3 is 0 Å². The molecule has 1 amide bonds. The molecule has 0 saturated heterocycles. The van der Waals surface area contributed by atoms with Crippen LogP contribution in [0.25, 0.3) is 0 Å². The third kappa shape index (κ3) is 4.40. The molecule has 5 heteroatoms. The van der Waals surface area contributed by atoms with Crippen LogP contribution in [0.2, 0.25) is 5.02 Å². The average Bonchev–Trinajstić information content (AvgIpc) is 2.16. The molecule has 0 aliphatic heterocycles. The van der Waals surface area contributed by atoms with Crippen molar-refractivity contribution >= 4 is 17.5 Å². The highest BCUT2D eigenvalue weighted by Gasteiger charge is 2.08. The highest BCUT2D eigenvalue weighted by molar-refractivity contribution is 6.30. The van der Waals surface area contributed by atoms with E-state index in [-0.39, 0.29) is 11.4 Å². The minimum Gasteiger partial charge on any atom is -0.267 e. The van der Waals surface area contributed by atoms with Gasteiger partial charge in [-0.2, -0.15) is 5.11 Å². The van der Waals surface area contributed by atoms with Crippen LogP contribution in [0.1, 0.15) is 31.1 Å². The van der Waals surface area contributed by atoms with Crippen molar-refractivity contribution < 1.29 is 4.79 Å². The Morgan fingerprint density at radius 2 is 1.81 bits per heavy atom. The van der Waals surface area contributed by atoms with E-state index in [1.54, 1.807) is 24.3 Å². The molecule has 0 aromatic heterocycles. The van der Waals surface area contributed by atoms with Gasteiger partial charge in [0.15, 0.2) is 0 Å². The minimum atomic E-state index is -0.301. The van der Waals surface area contributed by atoms with Crippen LogP contribution in [-0.4, -0.2) is 11.4 Å². The summed E-state index contributed by atoms with van der Waals surface area (Å²) in [5, 5.41) is 8.13. The van der Waals surface area contributed by atoms with Crippen molar-refractivity contribution in [2.45, 2.75) is 26.3 Å². The zero-order chi connectivity index (χ0) is 12.2. The molecular weight excluding hydrogens is 226 g/mol. The molecule has 1 N–H and O–H groups in total. The molecule has 1 rings (SSSR count). The first-order valence-electron chi connectivity index (χ1n) is 4.86. The molecule has 0 atom stereocenters. The second kappa shape index (κ2) is 5.07. The molecule has 0 spiro atoms. The molecule has 0 radical (unpaired) electrons. The Hall–Kier alpha value is -1.42. The number of amides is 1. The summed E-state index contributed by atoms with van der Waals surface area (Å²) >= 11 is 5.71. The number of rotatable bonds is 2. The number of hydrogen-bond donors (Lipinski definition) is 1. The lowest BCUT2D eigenvalue weighted by molar-refractivity contribution is 0.0950. The van der Waals surface area contributed by atoms with Crippen molar-refractivity contribution in [2.75, 3.05) is 0 Å². The second-order valence-electron chi connectivity index (χ2n) is 4.32. The van der Waals surface area contributed by atoms with E-state index in [0.717, 1.165) is 0 Å². The van der Waals surface area contributed by atoms with Crippen LogP contribution < -0.4 is 5.43 Å². The Balaban J connectivity index is 2.60. The minimum absolute atomic E-state index is 0.298. The Kier molecular flexibility index (Phi) is 4.01. The Labute approximate surface area is 99.7 Å². The van der Waals surface area contributed by atoms with E-state index in [0.29, 0.717) is 10.6 Å². The van der Waals surface area contributed by atoms with Gasteiger partial charge in [0.25, 0.3) is 5.91 Å². The molecule has 86 valence electrons. The number of nitrogens with one attached hydrogen (secondary N) is 1. The van der Waals surface area contributed by atoms with Crippen molar-refractivity contribution in [1.82, 2.24) is 5.43 Å². The zero-order valence-electron chi connectivity index (χ0n) is 9.49. The first kappa shape index (κ1) is 12.6. The van der Waals surface area contributed by atoms with Gasteiger partial charge < -0.3 is 0 Å². The Morgan fingerprint density at radius 3 is 2.31 bits per heavy atom. The molecular formula is C11H14ClN3O. The number of hydrogen-bond acceptors (Lipinski definition) is 3. The first-order chi connectivity index (χ1) is 7.38. The Bertz CT molecular complexity index is 393. The molecule has 0 fully saturated rings. The third-order valence-electron chi connectivity index (χ3n) is 1.61. The second-order valence-corrected chi connectivity index (χ2v) is 4.76. The molecule has 1 aromatic rings. The van der Waals surface area contributed by atoms with Crippen molar-refractivity contribution in [2.24, 2.45) is 10.3 Å². The molecule has 4 nitrogen and oxygen atoms in total. The highest BCUT2D eigenvalue weighted by Crippen LogP contribution is 2.09. The van der Waals surface area contributed by atoms with Crippen molar-refractivity contribution in [3.8, 4) is 0 Å². The SMILES string of the molecule is CC(C)(C)N=NNC(=O)c1ccc(Cl)cc1. The summed E-state index contributed by atoms with van der Waals surface area (Å²) in [4.78, 5) is 11.5. The number of carbonyl (C=O) groups is 1. The standard InChI is InChI=1S/C11H14ClN3O/c1-11(2,3)14-15-13-10(16)8-4-6-9(12)7-5-8/h4-7H,1-3H3,(H,13,14,16). The van der Waals surface area contributed by atoms with Gasteiger partial charge in [0.1, 0.15) is 0 Å². The Morgan fingerprint density at radius 1 is 1.25 bits per heavy atom. The molecule has 16 heavy (non-hydrogen) atoms. The van der Waals surface area contributed by atoms with Gasteiger partial charge in [0.2, 0.25) is 0 Å². The lowest BCUT2D eigenvalue weighted by Crippen LogP contribution is -2.18. The maximum Gasteiger partial charge on any atom is 0.272 e. The quantitative estimate of drug-likeness (QED) is 0.625. The van der Waals surface area contributed by atoms with E-state index in [1.165, 1.54) is 0 Å². The van der Waals surface area contributed by atoms with E-state index < -0.39 is 0 Å². The zero-order valence-corrected chi connectivity index (χ0v) is 10.2. The number of nitrogens with zero attached hydrogens (tertiary/aromatic N) is 2. The summed E-state index contributed by atoms with van der Waals surface area (Å²) in [5.41, 5.74) is 2.55. The summed E-state index contributed by atoms with van der Waals surface area (Å²) in [5.74, 6) is -0.301. The molecule has 0 aliphatic carbocycles. The van der Waals surface area contributed by atoms with Gasteiger partial charge in [0, 0.05) is 10.6 Å². The topological polar surface area (TPSA) is 53.8 Å². The van der Waals surface area contributed by atoms with Crippen LogP contribution >= 0.6 is 11.6 Å². The summed E-state index contributed by atoms with van der Waals surface area (Å²) in [6.07, 6.45) is 0. The normalized spacial score (nSPS) is 11.8. The van der Waals surface area contributed by atoms with Crippen molar-refractivity contribution in [3.63, 3.8) is 0 Å². The number of carbonyl (C=O) groups excluding carboxylic acids is 1. The van der Waals surface area contributed by atoms with Crippen LogP contribution in [0.3, 0.4) is 0 Å². The van der Waals surface area contributed by atoms with Gasteiger partial charge in [-0.3, -0.25) is 4.79 Å². The van der Waals surface area contributed by atoms with E-state index in [1.807, 2.05) is 20.8 Å². The van der Waals surface area contributed by atoms with Crippen molar-refractivity contribution in [1.29, 1.82) is 0 Å². The molecule has 0 aliphatic rings. The maximum absolute atomic E-state index is 11.5. The van der Waals surface area contributed by atoms with Crippen LogP contribution in [0.5, 0.6) is 0 Å². The van der Waals surface area contributed by atoms with Gasteiger partial charge in [-0.25, -0.2) is 5.43 Å². The third-order valence-corrected chi connectivity index (χ3v) is 1.86. The van der Waals surface area contributed by atoms with E-state index in [2.05, 4.69) is 15.8 Å². The van der Waals surface area contributed by atoms with Crippen LogP contribution in [0.15, 0.2) is 34.6 Å². The lowest BCUT2D eigenvalue weighted by atomic mass is 10.1. The van der Waals surface area contributed by atoms with Crippen LogP contribution in [0.4, 0.5) is 0 Å². The largest absolute Gasteiger partial charge is 0.272 e. The molecule has 0 unspecified atom stereocenters. The highest BCUT2D eigenvalue weighted by atomic mass is 35.5. The fraction of sp³-hybridized carbons (Fsp3) is 0.364. The van der Waals surface area contributed by atoms with Crippen molar-refractivity contribution in [3.05, 3.63) is 34.9 Å².